The van der Waals surface area contributed by atoms with Gasteiger partial charge in [0.05, 0.1) is 83.2 Å². The van der Waals surface area contributed by atoms with Gasteiger partial charge in [0, 0.05) is 48.8 Å². The third kappa shape index (κ3) is 14.0. The quantitative estimate of drug-likeness (QED) is 0.0313. The van der Waals surface area contributed by atoms with Gasteiger partial charge in [0.2, 0.25) is 17.7 Å². The third-order valence-electron chi connectivity index (χ3n) is 11.4. The highest BCUT2D eigenvalue weighted by Gasteiger charge is 2.45. The Morgan fingerprint density at radius 2 is 1.47 bits per heavy atom. The van der Waals surface area contributed by atoms with E-state index in [1.807, 2.05) is 67.6 Å². The molecule has 2 aliphatic heterocycles. The van der Waals surface area contributed by atoms with E-state index in [0.29, 0.717) is 107 Å². The van der Waals surface area contributed by atoms with Crippen LogP contribution in [0.3, 0.4) is 0 Å². The van der Waals surface area contributed by atoms with E-state index >= 15 is 0 Å². The van der Waals surface area contributed by atoms with Gasteiger partial charge < -0.3 is 49.1 Å². The number of aromatic nitrogens is 2. The van der Waals surface area contributed by atoms with Gasteiger partial charge in [-0.05, 0) is 86.7 Å². The number of carbonyl (C=O) groups is 5. The van der Waals surface area contributed by atoms with Crippen LogP contribution in [0.5, 0.6) is 23.0 Å². The number of amides is 5. The van der Waals surface area contributed by atoms with E-state index in [9.17, 15) is 24.0 Å². The van der Waals surface area contributed by atoms with Crippen molar-refractivity contribution in [2.24, 2.45) is 0 Å². The number of para-hydroxylation sites is 1. The minimum absolute atomic E-state index is 0.0289. The number of hydrogen-bond acceptors (Lipinski definition) is 16. The van der Waals surface area contributed by atoms with Crippen molar-refractivity contribution in [1.29, 1.82) is 0 Å². The summed E-state index contributed by atoms with van der Waals surface area (Å²) in [5, 5.41) is 12.4. The monoisotopic (exact) mass is 961 g/mol. The molecule has 7 rings (SSSR count). The molecule has 1 unspecified atom stereocenters. The minimum Gasteiger partial charge on any atom is -0.493 e. The second kappa shape index (κ2) is 26.0. The van der Waals surface area contributed by atoms with Crippen LogP contribution in [0.4, 0.5) is 17.2 Å². The van der Waals surface area contributed by atoms with E-state index in [-0.39, 0.29) is 29.9 Å². The van der Waals surface area contributed by atoms with E-state index in [2.05, 4.69) is 31.2 Å². The maximum absolute atomic E-state index is 13.2. The average Bonchev–Trinajstić information content (AvgIpc) is 3.61. The predicted molar refractivity (Wildman–Crippen MR) is 259 cm³/mol. The van der Waals surface area contributed by atoms with Crippen molar-refractivity contribution >= 4 is 57.6 Å². The number of carbonyl (C=O) groups excluding carboxylic acids is 5. The standard InChI is InChI=1S/C51H59N7O12/c1-34-30-36(70-35-10-5-3-6-11-35)15-16-39(34)56-48-38-31-43(64-2)44(32-41(38)54-33-55-48)69-21-8-4-7-14-45(59)53-20-23-66-25-27-68-29-28-67-26-24-65-22-19-52-40-13-9-12-37-47(40)51(63)58(50(37)62)42-17-18-46(60)57-49(42)61/h3,5-6,9-13,15-16,30-33,42,52H,4,7-8,14,17-29H2,1-2H3,(H,53,59)(H,54,55,56)(H,57,60,61). The Kier molecular flexibility index (Phi) is 18.8. The normalized spacial score (nSPS) is 14.4. The molecule has 0 radical (unpaired) electrons. The number of methoxy groups -OCH3 is 1. The van der Waals surface area contributed by atoms with Gasteiger partial charge in [-0.15, -0.1) is 0 Å². The summed E-state index contributed by atoms with van der Waals surface area (Å²) in [6, 6.07) is 23.1. The van der Waals surface area contributed by atoms with Gasteiger partial charge in [0.1, 0.15) is 29.7 Å². The van der Waals surface area contributed by atoms with Crippen molar-refractivity contribution in [3.8, 4) is 23.0 Å². The Morgan fingerprint density at radius 1 is 0.729 bits per heavy atom. The molecule has 3 heterocycles. The molecule has 1 saturated heterocycles. The highest BCUT2D eigenvalue weighted by atomic mass is 16.6. The number of anilines is 3. The number of fused-ring (bicyclic) bond motifs is 2. The fraction of sp³-hybridized carbons (Fsp3) is 0.392. The van der Waals surface area contributed by atoms with Crippen molar-refractivity contribution in [2.45, 2.75) is 51.5 Å². The van der Waals surface area contributed by atoms with Gasteiger partial charge in [-0.25, -0.2) is 9.97 Å². The van der Waals surface area contributed by atoms with Crippen LogP contribution in [0.15, 0.2) is 85.2 Å². The van der Waals surface area contributed by atoms with Crippen LogP contribution in [-0.4, -0.2) is 130 Å². The van der Waals surface area contributed by atoms with Gasteiger partial charge in [-0.1, -0.05) is 24.3 Å². The zero-order chi connectivity index (χ0) is 49.1. The summed E-state index contributed by atoms with van der Waals surface area (Å²) in [6.07, 6.45) is 4.38. The first-order chi connectivity index (χ1) is 34.2. The van der Waals surface area contributed by atoms with Gasteiger partial charge >= 0.3 is 0 Å². The van der Waals surface area contributed by atoms with Crippen molar-refractivity contribution < 1.29 is 57.1 Å². The van der Waals surface area contributed by atoms with Crippen LogP contribution in [0, 0.1) is 6.92 Å². The van der Waals surface area contributed by atoms with E-state index in [4.69, 9.17) is 33.2 Å². The SMILES string of the molecule is COc1cc2c(Nc3ccc(Oc4ccccc4)cc3C)ncnc2cc1OCCCCCC(=O)NCCOCCOCCOCCOCCNc1cccc2c1C(=O)N(C1CCC(=O)NC1=O)C2=O. The summed E-state index contributed by atoms with van der Waals surface area (Å²) >= 11 is 0. The molecule has 5 aromatic rings. The maximum Gasteiger partial charge on any atom is 0.264 e. The number of benzene rings is 4. The van der Waals surface area contributed by atoms with Crippen LogP contribution >= 0.6 is 0 Å². The third-order valence-corrected chi connectivity index (χ3v) is 11.4. The molecule has 0 spiro atoms. The smallest absolute Gasteiger partial charge is 0.264 e. The molecule has 0 aliphatic carbocycles. The number of unbranched alkanes of at least 4 members (excludes halogenated alkanes) is 2. The molecular weight excluding hydrogens is 903 g/mol. The number of nitrogens with zero attached hydrogens (tertiary/aromatic N) is 3. The van der Waals surface area contributed by atoms with E-state index in [1.165, 1.54) is 6.33 Å². The van der Waals surface area contributed by atoms with Crippen LogP contribution in [0.25, 0.3) is 10.9 Å². The number of aryl methyl sites for hydroxylation is 1. The second-order valence-electron chi connectivity index (χ2n) is 16.3. The Labute approximate surface area is 405 Å². The predicted octanol–water partition coefficient (Wildman–Crippen LogP) is 6.12. The van der Waals surface area contributed by atoms with E-state index in [1.54, 1.807) is 25.3 Å². The van der Waals surface area contributed by atoms with Crippen LogP contribution in [0.1, 0.15) is 64.8 Å². The second-order valence-corrected chi connectivity index (χ2v) is 16.3. The summed E-state index contributed by atoms with van der Waals surface area (Å²) in [4.78, 5) is 72.4. The van der Waals surface area contributed by atoms with Crippen LogP contribution < -0.4 is 35.5 Å². The lowest BCUT2D eigenvalue weighted by atomic mass is 10.0. The van der Waals surface area contributed by atoms with Gasteiger partial charge in [0.15, 0.2) is 11.5 Å². The van der Waals surface area contributed by atoms with E-state index < -0.39 is 29.7 Å². The molecule has 70 heavy (non-hydrogen) atoms. The molecule has 4 N–H and O–H groups in total. The lowest BCUT2D eigenvalue weighted by Gasteiger charge is -2.27. The van der Waals surface area contributed by atoms with Gasteiger partial charge in [-0.2, -0.15) is 0 Å². The number of nitrogens with one attached hydrogen (secondary N) is 4. The molecule has 2 aliphatic rings. The van der Waals surface area contributed by atoms with Crippen molar-refractivity contribution in [3.05, 3.63) is 102 Å². The lowest BCUT2D eigenvalue weighted by molar-refractivity contribution is -0.136. The first-order valence-electron chi connectivity index (χ1n) is 23.4. The molecule has 0 saturated carbocycles. The van der Waals surface area contributed by atoms with Crippen LogP contribution in [-0.2, 0) is 33.3 Å². The molecule has 19 heteroatoms. The Morgan fingerprint density at radius 3 is 2.20 bits per heavy atom. The first kappa shape index (κ1) is 50.7. The molecule has 4 aromatic carbocycles. The molecule has 1 atom stereocenters. The Hall–Kier alpha value is -7.19. The van der Waals surface area contributed by atoms with Crippen molar-refractivity contribution in [2.75, 3.05) is 90.3 Å². The highest BCUT2D eigenvalue weighted by Crippen LogP contribution is 2.36. The molecule has 0 bridgehead atoms. The largest absolute Gasteiger partial charge is 0.493 e. The molecule has 370 valence electrons. The lowest BCUT2D eigenvalue weighted by Crippen LogP contribution is -2.54. The number of ether oxygens (including phenoxy) is 7. The molecule has 5 amide bonds. The highest BCUT2D eigenvalue weighted by molar-refractivity contribution is 6.25. The summed E-state index contributed by atoms with van der Waals surface area (Å²) in [7, 11) is 1.60. The Bertz CT molecular complexity index is 2600. The fourth-order valence-corrected chi connectivity index (χ4v) is 7.81. The average molecular weight is 962 g/mol. The molecule has 1 fully saturated rings. The van der Waals surface area contributed by atoms with Gasteiger partial charge in [0.25, 0.3) is 11.8 Å². The van der Waals surface area contributed by atoms with Crippen molar-refractivity contribution in [1.82, 2.24) is 25.5 Å². The van der Waals surface area contributed by atoms with Crippen LogP contribution in [0.2, 0.25) is 0 Å². The maximum atomic E-state index is 13.2. The number of hydrogen-bond donors (Lipinski definition) is 4. The number of rotatable bonds is 29. The minimum atomic E-state index is -1.02. The van der Waals surface area contributed by atoms with Crippen molar-refractivity contribution in [3.63, 3.8) is 0 Å². The zero-order valence-electron chi connectivity index (χ0n) is 39.4. The number of imide groups is 2. The molecule has 1 aromatic heterocycles. The summed E-state index contributed by atoms with van der Waals surface area (Å²) in [5.41, 5.74) is 3.45. The summed E-state index contributed by atoms with van der Waals surface area (Å²) in [6.45, 7) is 6.20. The molecular formula is C51H59N7O12. The fourth-order valence-electron chi connectivity index (χ4n) is 7.81. The van der Waals surface area contributed by atoms with E-state index in [0.717, 1.165) is 52.3 Å². The molecule has 19 nitrogen and oxygen atoms in total. The number of piperidine rings is 1. The zero-order valence-corrected chi connectivity index (χ0v) is 39.4. The summed E-state index contributed by atoms with van der Waals surface area (Å²) in [5.74, 6) is 1.06. The topological polar surface area (TPSA) is 227 Å². The first-order valence-corrected chi connectivity index (χ1v) is 23.4. The Balaban J connectivity index is 0.672. The van der Waals surface area contributed by atoms with Gasteiger partial charge in [-0.3, -0.25) is 34.2 Å². The summed E-state index contributed by atoms with van der Waals surface area (Å²) < 4.78 is 40.0.